The fourth-order valence-electron chi connectivity index (χ4n) is 1.84. The Hall–Kier alpha value is -3.40. The summed E-state index contributed by atoms with van der Waals surface area (Å²) in [7, 11) is 0. The van der Waals surface area contributed by atoms with E-state index in [1.165, 1.54) is 12.1 Å². The molecule has 2 rings (SSSR count). The Labute approximate surface area is 126 Å². The van der Waals surface area contributed by atoms with Gasteiger partial charge in [-0.05, 0) is 29.8 Å². The van der Waals surface area contributed by atoms with Crippen LogP contribution in [0.4, 0.5) is 17.1 Å². The highest BCUT2D eigenvalue weighted by atomic mass is 16.6. The predicted molar refractivity (Wildman–Crippen MR) is 81.2 cm³/mol. The molecule has 0 aliphatic heterocycles. The standard InChI is InChI=1S/C15H12N4O3/c16-8-7-10-1-4-12(5-2-10)18-15(20)11-3-6-13(17)14(9-11)19(21)22/h1-6,9H,7,17H2,(H,18,20). The summed E-state index contributed by atoms with van der Waals surface area (Å²) in [6.45, 7) is 0. The Kier molecular flexibility index (Phi) is 4.34. The second-order valence-electron chi connectivity index (χ2n) is 4.52. The van der Waals surface area contributed by atoms with E-state index in [1.807, 2.05) is 6.07 Å². The molecule has 0 fully saturated rings. The first-order chi connectivity index (χ1) is 10.5. The normalized spacial score (nSPS) is 9.77. The molecule has 0 aliphatic carbocycles. The van der Waals surface area contributed by atoms with Gasteiger partial charge in [0.25, 0.3) is 11.6 Å². The maximum absolute atomic E-state index is 12.1. The molecule has 22 heavy (non-hydrogen) atoms. The highest BCUT2D eigenvalue weighted by Gasteiger charge is 2.15. The number of nitrogens with one attached hydrogen (secondary N) is 1. The van der Waals surface area contributed by atoms with E-state index in [0.29, 0.717) is 12.1 Å². The predicted octanol–water partition coefficient (Wildman–Crippen LogP) is 2.50. The number of carbonyl (C=O) groups excluding carboxylic acids is 1. The fraction of sp³-hybridized carbons (Fsp3) is 0.0667. The van der Waals surface area contributed by atoms with E-state index >= 15 is 0 Å². The van der Waals surface area contributed by atoms with E-state index < -0.39 is 10.8 Å². The molecule has 0 atom stereocenters. The second-order valence-corrected chi connectivity index (χ2v) is 4.52. The van der Waals surface area contributed by atoms with Crippen LogP contribution in [0.1, 0.15) is 15.9 Å². The molecule has 1 amide bonds. The smallest absolute Gasteiger partial charge is 0.292 e. The lowest BCUT2D eigenvalue weighted by molar-refractivity contribution is -0.383. The summed E-state index contributed by atoms with van der Waals surface area (Å²) in [5, 5.41) is 22.0. The molecule has 7 heteroatoms. The van der Waals surface area contributed by atoms with Crippen LogP contribution in [0.3, 0.4) is 0 Å². The van der Waals surface area contributed by atoms with Gasteiger partial charge in [0, 0.05) is 17.3 Å². The molecule has 0 aromatic heterocycles. The molecule has 0 bridgehead atoms. The van der Waals surface area contributed by atoms with E-state index in [1.54, 1.807) is 24.3 Å². The van der Waals surface area contributed by atoms with Crippen molar-refractivity contribution in [2.24, 2.45) is 0 Å². The monoisotopic (exact) mass is 296 g/mol. The largest absolute Gasteiger partial charge is 0.393 e. The third-order valence-corrected chi connectivity index (χ3v) is 2.98. The van der Waals surface area contributed by atoms with Crippen LogP contribution in [-0.2, 0) is 6.42 Å². The van der Waals surface area contributed by atoms with Gasteiger partial charge in [-0.3, -0.25) is 14.9 Å². The Bertz CT molecular complexity index is 763. The molecule has 110 valence electrons. The van der Waals surface area contributed by atoms with Gasteiger partial charge in [-0.2, -0.15) is 5.26 Å². The summed E-state index contributed by atoms with van der Waals surface area (Å²) in [5.74, 6) is -0.476. The van der Waals surface area contributed by atoms with Crippen molar-refractivity contribution in [3.8, 4) is 6.07 Å². The number of rotatable bonds is 4. The van der Waals surface area contributed by atoms with E-state index in [-0.39, 0.29) is 16.9 Å². The lowest BCUT2D eigenvalue weighted by Gasteiger charge is -2.06. The Morgan fingerprint density at radius 3 is 2.55 bits per heavy atom. The first-order valence-corrected chi connectivity index (χ1v) is 6.32. The van der Waals surface area contributed by atoms with Crippen molar-refractivity contribution in [2.45, 2.75) is 6.42 Å². The van der Waals surface area contributed by atoms with Crippen LogP contribution < -0.4 is 11.1 Å². The highest BCUT2D eigenvalue weighted by molar-refractivity contribution is 6.05. The number of nitro groups is 1. The zero-order valence-corrected chi connectivity index (χ0v) is 11.4. The van der Waals surface area contributed by atoms with Crippen LogP contribution in [0.5, 0.6) is 0 Å². The van der Waals surface area contributed by atoms with Crippen LogP contribution in [0, 0.1) is 21.4 Å². The average Bonchev–Trinajstić information content (AvgIpc) is 2.49. The highest BCUT2D eigenvalue weighted by Crippen LogP contribution is 2.23. The van der Waals surface area contributed by atoms with Gasteiger partial charge >= 0.3 is 0 Å². The number of nitrogens with zero attached hydrogens (tertiary/aromatic N) is 2. The quantitative estimate of drug-likeness (QED) is 0.510. The number of nitrogens with two attached hydrogens (primary N) is 1. The van der Waals surface area contributed by atoms with Crippen molar-refractivity contribution in [1.82, 2.24) is 0 Å². The van der Waals surface area contributed by atoms with Gasteiger partial charge in [0.15, 0.2) is 0 Å². The number of nitro benzene ring substituents is 1. The van der Waals surface area contributed by atoms with Crippen molar-refractivity contribution in [2.75, 3.05) is 11.1 Å². The number of carbonyl (C=O) groups is 1. The lowest BCUT2D eigenvalue weighted by atomic mass is 10.1. The Morgan fingerprint density at radius 2 is 1.95 bits per heavy atom. The van der Waals surface area contributed by atoms with Gasteiger partial charge in [0.1, 0.15) is 5.69 Å². The van der Waals surface area contributed by atoms with Crippen LogP contribution in [0.2, 0.25) is 0 Å². The van der Waals surface area contributed by atoms with Gasteiger partial charge in [-0.15, -0.1) is 0 Å². The Morgan fingerprint density at radius 1 is 1.27 bits per heavy atom. The van der Waals surface area contributed by atoms with Crippen LogP contribution in [0.25, 0.3) is 0 Å². The van der Waals surface area contributed by atoms with Crippen molar-refractivity contribution in [3.63, 3.8) is 0 Å². The molecule has 0 spiro atoms. The second kappa shape index (κ2) is 6.37. The number of anilines is 2. The summed E-state index contributed by atoms with van der Waals surface area (Å²) in [5.41, 5.74) is 6.69. The van der Waals surface area contributed by atoms with Crippen LogP contribution >= 0.6 is 0 Å². The first-order valence-electron chi connectivity index (χ1n) is 6.32. The third kappa shape index (κ3) is 3.37. The molecule has 7 nitrogen and oxygen atoms in total. The van der Waals surface area contributed by atoms with Crippen molar-refractivity contribution in [3.05, 3.63) is 63.7 Å². The van der Waals surface area contributed by atoms with E-state index in [4.69, 9.17) is 11.0 Å². The molecule has 0 aliphatic rings. The molecule has 2 aromatic carbocycles. The number of benzene rings is 2. The minimum absolute atomic E-state index is 0.00223. The first kappa shape index (κ1) is 15.0. The molecule has 0 radical (unpaired) electrons. The zero-order valence-electron chi connectivity index (χ0n) is 11.4. The van der Waals surface area contributed by atoms with Crippen molar-refractivity contribution >= 4 is 23.0 Å². The molecular formula is C15H12N4O3. The van der Waals surface area contributed by atoms with Crippen LogP contribution in [-0.4, -0.2) is 10.8 Å². The molecule has 2 aromatic rings. The molecule has 0 unspecified atom stereocenters. The van der Waals surface area contributed by atoms with Gasteiger partial charge in [0.2, 0.25) is 0 Å². The molecule has 3 N–H and O–H groups in total. The molecule has 0 heterocycles. The van der Waals surface area contributed by atoms with Gasteiger partial charge in [-0.25, -0.2) is 0 Å². The van der Waals surface area contributed by atoms with Gasteiger partial charge in [-0.1, -0.05) is 12.1 Å². The average molecular weight is 296 g/mol. The summed E-state index contributed by atoms with van der Waals surface area (Å²) in [6, 6.07) is 12.7. The minimum atomic E-state index is -0.636. The van der Waals surface area contributed by atoms with E-state index in [9.17, 15) is 14.9 Å². The van der Waals surface area contributed by atoms with Crippen molar-refractivity contribution in [1.29, 1.82) is 5.26 Å². The maximum atomic E-state index is 12.1. The number of nitrogen functional groups attached to an aromatic ring is 1. The summed E-state index contributed by atoms with van der Waals surface area (Å²) in [4.78, 5) is 22.3. The number of amides is 1. The van der Waals surface area contributed by atoms with Crippen LogP contribution in [0.15, 0.2) is 42.5 Å². The summed E-state index contributed by atoms with van der Waals surface area (Å²) in [6.07, 6.45) is 0.290. The maximum Gasteiger partial charge on any atom is 0.292 e. The van der Waals surface area contributed by atoms with Gasteiger partial charge in [0.05, 0.1) is 17.4 Å². The number of hydrogen-bond acceptors (Lipinski definition) is 5. The summed E-state index contributed by atoms with van der Waals surface area (Å²) >= 11 is 0. The molecular weight excluding hydrogens is 284 g/mol. The topological polar surface area (TPSA) is 122 Å². The third-order valence-electron chi connectivity index (χ3n) is 2.98. The lowest BCUT2D eigenvalue weighted by Crippen LogP contribution is -2.12. The summed E-state index contributed by atoms with van der Waals surface area (Å²) < 4.78 is 0. The SMILES string of the molecule is N#CCc1ccc(NC(=O)c2ccc(N)c([N+](=O)[O-])c2)cc1. The van der Waals surface area contributed by atoms with Crippen molar-refractivity contribution < 1.29 is 9.72 Å². The number of nitriles is 1. The zero-order chi connectivity index (χ0) is 16.1. The fourth-order valence-corrected chi connectivity index (χ4v) is 1.84. The van der Waals surface area contributed by atoms with E-state index in [0.717, 1.165) is 11.6 Å². The molecule has 0 saturated carbocycles. The molecule has 0 saturated heterocycles. The minimum Gasteiger partial charge on any atom is -0.393 e. The Balaban J connectivity index is 2.17. The van der Waals surface area contributed by atoms with Gasteiger partial charge < -0.3 is 11.1 Å². The van der Waals surface area contributed by atoms with E-state index in [2.05, 4.69) is 5.32 Å². The number of hydrogen-bond donors (Lipinski definition) is 2.